The zero-order valence-corrected chi connectivity index (χ0v) is 10.3. The second kappa shape index (κ2) is 5.73. The van der Waals surface area contributed by atoms with Crippen LogP contribution in [0.1, 0.15) is 33.1 Å². The fourth-order valence-electron chi connectivity index (χ4n) is 1.89. The first-order chi connectivity index (χ1) is 7.54. The molecule has 0 aliphatic heterocycles. The lowest BCUT2D eigenvalue weighted by molar-refractivity contribution is 0.321. The molecule has 16 heavy (non-hydrogen) atoms. The van der Waals surface area contributed by atoms with Crippen molar-refractivity contribution in [2.24, 2.45) is 16.8 Å². The van der Waals surface area contributed by atoms with Gasteiger partial charge in [-0.3, -0.25) is 4.99 Å². The highest BCUT2D eigenvalue weighted by Gasteiger charge is 2.19. The molecule has 0 spiro atoms. The normalized spacial score (nSPS) is 23.5. The summed E-state index contributed by atoms with van der Waals surface area (Å²) in [5, 5.41) is 18.8. The van der Waals surface area contributed by atoms with Crippen molar-refractivity contribution in [1.82, 2.24) is 0 Å². The summed E-state index contributed by atoms with van der Waals surface area (Å²) in [5.74, 6) is 0.731. The lowest BCUT2D eigenvalue weighted by atomic mass is 9.90. The summed E-state index contributed by atoms with van der Waals surface area (Å²) in [6.45, 7) is 4.41. The average molecular weight is 223 g/mol. The lowest BCUT2D eigenvalue weighted by Gasteiger charge is -2.18. The quantitative estimate of drug-likeness (QED) is 0.767. The van der Waals surface area contributed by atoms with Gasteiger partial charge >= 0.3 is 0 Å². The van der Waals surface area contributed by atoms with Crippen molar-refractivity contribution in [3.05, 3.63) is 23.7 Å². The molecule has 0 fully saturated rings. The van der Waals surface area contributed by atoms with E-state index in [2.05, 4.69) is 18.8 Å². The standard InChI is InChI=1S/C13H21NO2/c1-9(2)5-4-6-10-7-12(15)13(16)8-11(10)14-3/h7-10,15-16H,4-6H2,1-3H3/b14-11-. The molecular formula is C13H21NO2. The predicted octanol–water partition coefficient (Wildman–Crippen LogP) is 3.40. The highest BCUT2D eigenvalue weighted by atomic mass is 16.3. The first-order valence-corrected chi connectivity index (χ1v) is 5.83. The molecule has 90 valence electrons. The molecule has 3 nitrogen and oxygen atoms in total. The molecule has 1 aliphatic carbocycles. The minimum atomic E-state index is -0.0827. The van der Waals surface area contributed by atoms with Gasteiger partial charge in [-0.1, -0.05) is 26.7 Å². The van der Waals surface area contributed by atoms with Gasteiger partial charge in [-0.25, -0.2) is 0 Å². The molecule has 0 bridgehead atoms. The Balaban J connectivity index is 2.59. The SMILES string of the molecule is C/N=C1/C=C(O)C(O)=CC1CCCC(C)C. The Morgan fingerprint density at radius 2 is 2.00 bits per heavy atom. The van der Waals surface area contributed by atoms with Crippen LogP contribution < -0.4 is 0 Å². The summed E-state index contributed by atoms with van der Waals surface area (Å²) in [6.07, 6.45) is 6.50. The molecule has 0 aromatic carbocycles. The van der Waals surface area contributed by atoms with Gasteiger partial charge < -0.3 is 10.2 Å². The van der Waals surface area contributed by atoms with Crippen LogP contribution in [0, 0.1) is 11.8 Å². The summed E-state index contributed by atoms with van der Waals surface area (Å²) in [5.41, 5.74) is 0.846. The Bertz CT molecular complexity index is 327. The van der Waals surface area contributed by atoms with E-state index in [4.69, 9.17) is 0 Å². The van der Waals surface area contributed by atoms with Crippen molar-refractivity contribution in [3.8, 4) is 0 Å². The molecular weight excluding hydrogens is 202 g/mol. The van der Waals surface area contributed by atoms with Crippen LogP contribution in [-0.2, 0) is 0 Å². The monoisotopic (exact) mass is 223 g/mol. The third-order valence-electron chi connectivity index (χ3n) is 2.84. The van der Waals surface area contributed by atoms with E-state index in [1.807, 2.05) is 0 Å². The molecule has 1 atom stereocenters. The van der Waals surface area contributed by atoms with Crippen LogP contribution in [0.4, 0.5) is 0 Å². The van der Waals surface area contributed by atoms with E-state index in [1.165, 1.54) is 6.42 Å². The molecule has 0 aromatic rings. The highest BCUT2D eigenvalue weighted by Crippen LogP contribution is 2.23. The second-order valence-corrected chi connectivity index (χ2v) is 4.66. The highest BCUT2D eigenvalue weighted by molar-refractivity contribution is 5.99. The van der Waals surface area contributed by atoms with Crippen molar-refractivity contribution >= 4 is 5.71 Å². The molecule has 0 aromatic heterocycles. The molecule has 1 unspecified atom stereocenters. The molecule has 2 N–H and O–H groups in total. The summed E-state index contributed by atoms with van der Waals surface area (Å²) in [7, 11) is 1.71. The maximum absolute atomic E-state index is 9.46. The topological polar surface area (TPSA) is 52.8 Å². The van der Waals surface area contributed by atoms with Gasteiger partial charge in [-0.05, 0) is 18.4 Å². The van der Waals surface area contributed by atoms with Crippen LogP contribution in [0.2, 0.25) is 0 Å². The van der Waals surface area contributed by atoms with E-state index in [9.17, 15) is 10.2 Å². The Labute approximate surface area is 97.2 Å². The van der Waals surface area contributed by atoms with E-state index in [0.29, 0.717) is 5.92 Å². The maximum atomic E-state index is 9.46. The van der Waals surface area contributed by atoms with Gasteiger partial charge in [0.05, 0.1) is 0 Å². The van der Waals surface area contributed by atoms with Crippen molar-refractivity contribution in [1.29, 1.82) is 0 Å². The van der Waals surface area contributed by atoms with Crippen molar-refractivity contribution < 1.29 is 10.2 Å². The number of aliphatic hydroxyl groups excluding tert-OH is 2. The van der Waals surface area contributed by atoms with Crippen LogP contribution in [0.15, 0.2) is 28.7 Å². The Kier molecular flexibility index (Phi) is 4.59. The molecule has 1 aliphatic rings. The van der Waals surface area contributed by atoms with Gasteiger partial charge in [-0.15, -0.1) is 0 Å². The number of hydrogen-bond donors (Lipinski definition) is 2. The number of hydrogen-bond acceptors (Lipinski definition) is 3. The minimum absolute atomic E-state index is 0.0260. The fourth-order valence-corrected chi connectivity index (χ4v) is 1.89. The van der Waals surface area contributed by atoms with Gasteiger partial charge in [-0.2, -0.15) is 0 Å². The fraction of sp³-hybridized carbons (Fsp3) is 0.615. The maximum Gasteiger partial charge on any atom is 0.158 e. The van der Waals surface area contributed by atoms with Crippen LogP contribution in [0.3, 0.4) is 0 Å². The number of aliphatic hydroxyl groups is 2. The average Bonchev–Trinajstić information content (AvgIpc) is 2.22. The zero-order valence-electron chi connectivity index (χ0n) is 10.3. The minimum Gasteiger partial charge on any atom is -0.504 e. The van der Waals surface area contributed by atoms with Crippen LogP contribution >= 0.6 is 0 Å². The van der Waals surface area contributed by atoms with Gasteiger partial charge in [0.2, 0.25) is 0 Å². The number of allylic oxidation sites excluding steroid dienone is 2. The van der Waals surface area contributed by atoms with Crippen LogP contribution in [0.25, 0.3) is 0 Å². The summed E-state index contributed by atoms with van der Waals surface area (Å²) in [4.78, 5) is 4.14. The van der Waals surface area contributed by atoms with Crippen molar-refractivity contribution in [2.45, 2.75) is 33.1 Å². The van der Waals surface area contributed by atoms with Gasteiger partial charge in [0.25, 0.3) is 0 Å². The largest absolute Gasteiger partial charge is 0.504 e. The van der Waals surface area contributed by atoms with E-state index < -0.39 is 0 Å². The molecule has 3 heteroatoms. The Morgan fingerprint density at radius 3 is 2.56 bits per heavy atom. The summed E-state index contributed by atoms with van der Waals surface area (Å²) >= 11 is 0. The molecule has 0 heterocycles. The van der Waals surface area contributed by atoms with Crippen molar-refractivity contribution in [2.75, 3.05) is 7.05 Å². The van der Waals surface area contributed by atoms with Gasteiger partial charge in [0.1, 0.15) is 0 Å². The zero-order chi connectivity index (χ0) is 12.1. The van der Waals surface area contributed by atoms with E-state index >= 15 is 0 Å². The molecule has 0 saturated carbocycles. The number of rotatable bonds is 4. The summed E-state index contributed by atoms with van der Waals surface area (Å²) < 4.78 is 0. The van der Waals surface area contributed by atoms with E-state index in [-0.39, 0.29) is 17.4 Å². The lowest BCUT2D eigenvalue weighted by Crippen LogP contribution is -2.16. The molecule has 0 amide bonds. The number of nitrogens with zero attached hydrogens (tertiary/aromatic N) is 1. The Hall–Kier alpha value is -1.25. The first kappa shape index (κ1) is 12.8. The summed E-state index contributed by atoms with van der Waals surface area (Å²) in [6, 6.07) is 0. The van der Waals surface area contributed by atoms with E-state index in [1.54, 1.807) is 19.2 Å². The number of aliphatic imine (C=N–C) groups is 1. The van der Waals surface area contributed by atoms with E-state index in [0.717, 1.165) is 18.6 Å². The predicted molar refractivity (Wildman–Crippen MR) is 67.0 cm³/mol. The second-order valence-electron chi connectivity index (χ2n) is 4.66. The molecule has 1 rings (SSSR count). The molecule has 0 saturated heterocycles. The third kappa shape index (κ3) is 3.40. The van der Waals surface area contributed by atoms with Crippen LogP contribution in [0.5, 0.6) is 0 Å². The van der Waals surface area contributed by atoms with Gasteiger partial charge in [0, 0.05) is 24.8 Å². The van der Waals surface area contributed by atoms with Crippen molar-refractivity contribution in [3.63, 3.8) is 0 Å². The molecule has 0 radical (unpaired) electrons. The first-order valence-electron chi connectivity index (χ1n) is 5.83. The Morgan fingerprint density at radius 1 is 1.31 bits per heavy atom. The smallest absolute Gasteiger partial charge is 0.158 e. The third-order valence-corrected chi connectivity index (χ3v) is 2.84. The van der Waals surface area contributed by atoms with Gasteiger partial charge in [0.15, 0.2) is 11.5 Å². The van der Waals surface area contributed by atoms with Crippen LogP contribution in [-0.4, -0.2) is 23.0 Å².